The third-order valence-corrected chi connectivity index (χ3v) is 4.00. The van der Waals surface area contributed by atoms with Gasteiger partial charge < -0.3 is 5.32 Å². The topological polar surface area (TPSA) is 42.0 Å². The minimum Gasteiger partial charge on any atom is -0.312 e. The van der Waals surface area contributed by atoms with Gasteiger partial charge in [0.05, 0.1) is 11.3 Å². The number of nitrogens with zero attached hydrogens (tertiary/aromatic N) is 1. The third kappa shape index (κ3) is 3.62. The van der Waals surface area contributed by atoms with Crippen LogP contribution in [0.15, 0.2) is 60.7 Å². The Morgan fingerprint density at radius 3 is 2.29 bits per heavy atom. The van der Waals surface area contributed by atoms with Crippen molar-refractivity contribution in [2.75, 3.05) is 5.32 Å². The zero-order chi connectivity index (χ0) is 17.2. The number of hydrogen-bond donors (Lipinski definition) is 1. The number of hydrogen-bond acceptors (Lipinski definition) is 3. The number of anilines is 1. The van der Waals surface area contributed by atoms with Gasteiger partial charge >= 0.3 is 6.18 Å². The zero-order valence-corrected chi connectivity index (χ0v) is 13.0. The van der Waals surface area contributed by atoms with E-state index in [1.165, 1.54) is 0 Å². The lowest BCUT2D eigenvalue weighted by molar-refractivity contribution is -0.137. The van der Waals surface area contributed by atoms with Crippen LogP contribution in [0.1, 0.15) is 15.9 Å². The summed E-state index contributed by atoms with van der Waals surface area (Å²) in [6.07, 6.45) is -4.42. The normalized spacial score (nSPS) is 11.3. The Morgan fingerprint density at radius 2 is 1.67 bits per heavy atom. The standard InChI is InChI=1S/C17H11F3N2OS/c18-17(19,20)13-8-6-12(7-9-13)16(23)21-15-10-14(22-24-15)11-4-2-1-3-5-11/h1-10H,(H,21,23). The Balaban J connectivity index is 1.72. The van der Waals surface area contributed by atoms with E-state index in [0.717, 1.165) is 47.1 Å². The average molecular weight is 348 g/mol. The molecule has 0 radical (unpaired) electrons. The highest BCUT2D eigenvalue weighted by Gasteiger charge is 2.30. The van der Waals surface area contributed by atoms with E-state index in [9.17, 15) is 18.0 Å². The number of carbonyl (C=O) groups is 1. The molecule has 0 aliphatic carbocycles. The van der Waals surface area contributed by atoms with Crippen molar-refractivity contribution < 1.29 is 18.0 Å². The summed E-state index contributed by atoms with van der Waals surface area (Å²) in [6.45, 7) is 0. The maximum atomic E-state index is 12.5. The van der Waals surface area contributed by atoms with Crippen molar-refractivity contribution >= 4 is 22.4 Å². The molecule has 122 valence electrons. The van der Waals surface area contributed by atoms with Gasteiger partial charge in [0, 0.05) is 17.2 Å². The molecule has 0 aliphatic heterocycles. The Hall–Kier alpha value is -2.67. The fraction of sp³-hybridized carbons (Fsp3) is 0.0588. The molecule has 0 aliphatic rings. The van der Waals surface area contributed by atoms with Gasteiger partial charge in [-0.05, 0) is 35.8 Å². The van der Waals surface area contributed by atoms with Crippen molar-refractivity contribution in [1.29, 1.82) is 0 Å². The fourth-order valence-electron chi connectivity index (χ4n) is 2.07. The quantitative estimate of drug-likeness (QED) is 0.717. The molecular weight excluding hydrogens is 337 g/mol. The van der Waals surface area contributed by atoms with E-state index < -0.39 is 17.6 Å². The summed E-state index contributed by atoms with van der Waals surface area (Å²) in [5.74, 6) is -0.480. The Kier molecular flexibility index (Phi) is 4.35. The first-order valence-corrected chi connectivity index (χ1v) is 7.71. The molecule has 0 saturated heterocycles. The molecule has 2 aromatic carbocycles. The number of rotatable bonds is 3. The van der Waals surface area contributed by atoms with Crippen LogP contribution in [-0.2, 0) is 6.18 Å². The van der Waals surface area contributed by atoms with Gasteiger partial charge in [-0.25, -0.2) is 0 Å². The van der Waals surface area contributed by atoms with Crippen molar-refractivity contribution in [3.8, 4) is 11.3 Å². The first kappa shape index (κ1) is 16.2. The van der Waals surface area contributed by atoms with Crippen LogP contribution in [0.25, 0.3) is 11.3 Å². The van der Waals surface area contributed by atoms with Crippen LogP contribution in [-0.4, -0.2) is 10.3 Å². The van der Waals surface area contributed by atoms with E-state index in [-0.39, 0.29) is 5.56 Å². The smallest absolute Gasteiger partial charge is 0.312 e. The molecule has 0 bridgehead atoms. The predicted molar refractivity (Wildman–Crippen MR) is 86.9 cm³/mol. The van der Waals surface area contributed by atoms with Gasteiger partial charge in [0.1, 0.15) is 5.00 Å². The molecule has 3 aromatic rings. The first-order valence-electron chi connectivity index (χ1n) is 6.94. The Morgan fingerprint density at radius 1 is 1.00 bits per heavy atom. The highest BCUT2D eigenvalue weighted by atomic mass is 32.1. The molecule has 1 heterocycles. The number of benzene rings is 2. The number of carbonyl (C=O) groups excluding carboxylic acids is 1. The second-order valence-corrected chi connectivity index (χ2v) is 5.78. The van der Waals surface area contributed by atoms with Gasteiger partial charge in [0.25, 0.3) is 5.91 Å². The van der Waals surface area contributed by atoms with Gasteiger partial charge in [-0.3, -0.25) is 4.79 Å². The van der Waals surface area contributed by atoms with E-state index in [1.807, 2.05) is 30.3 Å². The van der Waals surface area contributed by atoms with Crippen LogP contribution < -0.4 is 5.32 Å². The molecule has 0 saturated carbocycles. The Bertz CT molecular complexity index is 842. The fourth-order valence-corrected chi connectivity index (χ4v) is 2.73. The van der Waals surface area contributed by atoms with Gasteiger partial charge in [0.2, 0.25) is 0 Å². The van der Waals surface area contributed by atoms with Crippen LogP contribution >= 0.6 is 11.5 Å². The summed E-state index contributed by atoms with van der Waals surface area (Å²) < 4.78 is 41.8. The van der Waals surface area contributed by atoms with E-state index >= 15 is 0 Å². The molecule has 3 rings (SSSR count). The third-order valence-electron chi connectivity index (χ3n) is 3.29. The SMILES string of the molecule is O=C(Nc1cc(-c2ccccc2)ns1)c1ccc(C(F)(F)F)cc1. The number of halogens is 3. The van der Waals surface area contributed by atoms with Crippen molar-refractivity contribution in [2.45, 2.75) is 6.18 Å². The lowest BCUT2D eigenvalue weighted by Crippen LogP contribution is -2.12. The summed E-state index contributed by atoms with van der Waals surface area (Å²) >= 11 is 1.11. The van der Waals surface area contributed by atoms with E-state index in [0.29, 0.717) is 5.00 Å². The van der Waals surface area contributed by atoms with Crippen molar-refractivity contribution in [2.24, 2.45) is 0 Å². The van der Waals surface area contributed by atoms with Crippen molar-refractivity contribution in [1.82, 2.24) is 4.37 Å². The van der Waals surface area contributed by atoms with Crippen molar-refractivity contribution in [3.63, 3.8) is 0 Å². The van der Waals surface area contributed by atoms with E-state index in [4.69, 9.17) is 0 Å². The van der Waals surface area contributed by atoms with Crippen LogP contribution in [0.2, 0.25) is 0 Å². The molecule has 1 aromatic heterocycles. The van der Waals surface area contributed by atoms with Crippen LogP contribution in [0.5, 0.6) is 0 Å². The minimum absolute atomic E-state index is 0.151. The molecule has 0 unspecified atom stereocenters. The zero-order valence-electron chi connectivity index (χ0n) is 12.2. The summed E-state index contributed by atoms with van der Waals surface area (Å²) in [6, 6.07) is 15.3. The average Bonchev–Trinajstić information content (AvgIpc) is 3.03. The second-order valence-electron chi connectivity index (χ2n) is 4.97. The molecule has 7 heteroatoms. The molecule has 0 atom stereocenters. The number of amides is 1. The largest absolute Gasteiger partial charge is 0.416 e. The predicted octanol–water partition coefficient (Wildman–Crippen LogP) is 5.08. The maximum Gasteiger partial charge on any atom is 0.416 e. The molecule has 1 amide bonds. The van der Waals surface area contributed by atoms with E-state index in [1.54, 1.807) is 6.07 Å². The van der Waals surface area contributed by atoms with Gasteiger partial charge in [-0.2, -0.15) is 17.5 Å². The van der Waals surface area contributed by atoms with Gasteiger partial charge in [0.15, 0.2) is 0 Å². The maximum absolute atomic E-state index is 12.5. The van der Waals surface area contributed by atoms with E-state index in [2.05, 4.69) is 9.69 Å². The first-order chi connectivity index (χ1) is 11.4. The summed E-state index contributed by atoms with van der Waals surface area (Å²) in [5, 5.41) is 3.17. The summed E-state index contributed by atoms with van der Waals surface area (Å²) in [5.41, 5.74) is 1.01. The summed E-state index contributed by atoms with van der Waals surface area (Å²) in [4.78, 5) is 12.1. The highest BCUT2D eigenvalue weighted by molar-refractivity contribution is 7.10. The lowest BCUT2D eigenvalue weighted by Gasteiger charge is -2.07. The number of aromatic nitrogens is 1. The van der Waals surface area contributed by atoms with Gasteiger partial charge in [-0.1, -0.05) is 30.3 Å². The molecular formula is C17H11F3N2OS. The van der Waals surface area contributed by atoms with Crippen molar-refractivity contribution in [3.05, 3.63) is 71.8 Å². The monoisotopic (exact) mass is 348 g/mol. The number of alkyl halides is 3. The molecule has 1 N–H and O–H groups in total. The van der Waals surface area contributed by atoms with Crippen LogP contribution in [0.4, 0.5) is 18.2 Å². The molecule has 0 fully saturated rings. The highest BCUT2D eigenvalue weighted by Crippen LogP contribution is 2.29. The minimum atomic E-state index is -4.42. The number of nitrogens with one attached hydrogen (secondary N) is 1. The molecule has 3 nitrogen and oxygen atoms in total. The molecule has 24 heavy (non-hydrogen) atoms. The van der Waals surface area contributed by atoms with Crippen LogP contribution in [0.3, 0.4) is 0 Å². The van der Waals surface area contributed by atoms with Crippen LogP contribution in [0, 0.1) is 0 Å². The molecule has 0 spiro atoms. The lowest BCUT2D eigenvalue weighted by atomic mass is 10.1. The Labute approximate surface area is 139 Å². The summed E-state index contributed by atoms with van der Waals surface area (Å²) in [7, 11) is 0. The second kappa shape index (κ2) is 6.45. The van der Waals surface area contributed by atoms with Gasteiger partial charge in [-0.15, -0.1) is 0 Å².